The quantitative estimate of drug-likeness (QED) is 0.164. The summed E-state index contributed by atoms with van der Waals surface area (Å²) >= 11 is 0. The van der Waals surface area contributed by atoms with Crippen molar-refractivity contribution in [3.8, 4) is 45.0 Å². The van der Waals surface area contributed by atoms with Crippen molar-refractivity contribution in [3.63, 3.8) is 0 Å². The van der Waals surface area contributed by atoms with E-state index in [1.807, 2.05) is 0 Å². The van der Waals surface area contributed by atoms with Crippen LogP contribution in [0.3, 0.4) is 0 Å². The Morgan fingerprint density at radius 1 is 0.215 bits per heavy atom. The van der Waals surface area contributed by atoms with Crippen LogP contribution in [-0.2, 0) is 27.1 Å². The maximum absolute atomic E-state index is 2.72. The van der Waals surface area contributed by atoms with Crippen molar-refractivity contribution in [2.24, 2.45) is 0 Å². The van der Waals surface area contributed by atoms with Crippen LogP contribution in [0.25, 0.3) is 132 Å². The fraction of sp³-hybridized carbons (Fsp3) is 0.150. The molecule has 0 fully saturated rings. The third kappa shape index (κ3) is 9.04. The maximum atomic E-state index is 2.72. The van der Waals surface area contributed by atoms with E-state index in [2.05, 4.69) is 427 Å². The average molecular weight is 1550 g/mol. The minimum Gasteiger partial charge on any atom is -0.311 e. The SMILES string of the molecule is CC(C)(C)c1ccc2c(c1)c1cc(C(C)(C)C)cc3c1n2-c1cc(-n2c4ccccc4c4ccccc42)cc2c1B3c1cc3c(cc1N2c1ccccc1)C1(c2ccccc2-3)c2ccccc2-c2cc3c(cc21)N(c1ccccc1)c1cc(-n2c4ccccc4c4ccccc42)cc2c1B3c1cc(C(C)(C)C)cc3c4cc(C(C)(C)C)ccc4n-2c13. The Labute approximate surface area is 706 Å². The van der Waals surface area contributed by atoms with Crippen molar-refractivity contribution in [2.75, 3.05) is 9.80 Å². The number of anilines is 6. The Morgan fingerprint density at radius 2 is 0.537 bits per heavy atom. The van der Waals surface area contributed by atoms with Gasteiger partial charge in [0.2, 0.25) is 0 Å². The highest BCUT2D eigenvalue weighted by molar-refractivity contribution is 7.01. The van der Waals surface area contributed by atoms with E-state index in [0.29, 0.717) is 0 Å². The molecule has 6 nitrogen and oxygen atoms in total. The van der Waals surface area contributed by atoms with Gasteiger partial charge in [-0.2, -0.15) is 0 Å². The Bertz CT molecular complexity index is 7510. The molecule has 0 N–H and O–H groups in total. The van der Waals surface area contributed by atoms with E-state index in [0.717, 1.165) is 22.7 Å². The van der Waals surface area contributed by atoms with Crippen molar-refractivity contribution >= 4 is 168 Å². The summed E-state index contributed by atoms with van der Waals surface area (Å²) in [5.74, 6) is 0. The minimum absolute atomic E-state index is 0.0753. The first-order valence-electron chi connectivity index (χ1n) is 43.4. The molecule has 0 saturated carbocycles. The van der Waals surface area contributed by atoms with Crippen LogP contribution in [0, 0.1) is 0 Å². The van der Waals surface area contributed by atoms with Crippen LogP contribution in [0.4, 0.5) is 34.1 Å². The van der Waals surface area contributed by atoms with Crippen LogP contribution in [-0.4, -0.2) is 31.7 Å². The number of hydrogen-bond donors (Lipinski definition) is 0. The lowest BCUT2D eigenvalue weighted by Gasteiger charge is -2.42. The Morgan fingerprint density at radius 3 is 0.909 bits per heavy atom. The summed E-state index contributed by atoms with van der Waals surface area (Å²) in [7, 11) is 0. The van der Waals surface area contributed by atoms with E-state index in [1.54, 1.807) is 0 Å². The summed E-state index contributed by atoms with van der Waals surface area (Å²) in [6.07, 6.45) is 0. The average Bonchev–Trinajstić information content (AvgIpc) is 1.51. The number of rotatable bonds is 4. The smallest absolute Gasteiger partial charge is 0.252 e. The molecule has 20 aromatic rings. The molecule has 8 heterocycles. The molecule has 0 amide bonds. The summed E-state index contributed by atoms with van der Waals surface area (Å²) in [6.45, 7) is 28.3. The molecular weight excluding hydrogens is 1460 g/mol. The topological polar surface area (TPSA) is 26.2 Å². The summed E-state index contributed by atoms with van der Waals surface area (Å²) in [6, 6.07) is 124. The zero-order valence-electron chi connectivity index (χ0n) is 70.4. The van der Waals surface area contributed by atoms with Crippen LogP contribution >= 0.6 is 0 Å². The second-order valence-corrected chi connectivity index (χ2v) is 39.6. The third-order valence-corrected chi connectivity index (χ3v) is 28.8. The minimum atomic E-state index is -0.800. The second-order valence-electron chi connectivity index (χ2n) is 39.6. The molecule has 0 bridgehead atoms. The third-order valence-electron chi connectivity index (χ3n) is 28.8. The fourth-order valence-electron chi connectivity index (χ4n) is 23.3. The summed E-state index contributed by atoms with van der Waals surface area (Å²) in [4.78, 5) is 5.37. The van der Waals surface area contributed by atoms with Crippen molar-refractivity contribution < 1.29 is 0 Å². The van der Waals surface area contributed by atoms with E-state index in [4.69, 9.17) is 0 Å². The Hall–Kier alpha value is -13.6. The van der Waals surface area contributed by atoms with Crippen molar-refractivity contribution in [1.29, 1.82) is 0 Å². The molecule has 121 heavy (non-hydrogen) atoms. The molecule has 0 radical (unpaired) electrons. The molecular formula is C113H88B2N6. The van der Waals surface area contributed by atoms with Gasteiger partial charge in [-0.05, 0) is 243 Å². The largest absolute Gasteiger partial charge is 0.311 e. The lowest BCUT2D eigenvalue weighted by Crippen LogP contribution is -2.61. The van der Waals surface area contributed by atoms with E-state index < -0.39 is 5.41 Å². The van der Waals surface area contributed by atoms with Crippen LogP contribution in [0.2, 0.25) is 0 Å². The molecule has 0 atom stereocenters. The molecule has 6 aliphatic rings. The number of para-hydroxylation sites is 6. The zero-order chi connectivity index (χ0) is 81.3. The predicted molar refractivity (Wildman–Crippen MR) is 514 cm³/mol. The highest BCUT2D eigenvalue weighted by Crippen LogP contribution is 2.65. The Balaban J connectivity index is 0.793. The number of hydrogen-bond acceptors (Lipinski definition) is 2. The van der Waals surface area contributed by atoms with Gasteiger partial charge < -0.3 is 28.1 Å². The summed E-state index contributed by atoms with van der Waals surface area (Å²) in [5.41, 5.74) is 43.7. The molecule has 26 rings (SSSR count). The zero-order valence-corrected chi connectivity index (χ0v) is 70.4. The van der Waals surface area contributed by atoms with E-state index in [9.17, 15) is 0 Å². The van der Waals surface area contributed by atoms with Gasteiger partial charge in [0.15, 0.2) is 0 Å². The van der Waals surface area contributed by atoms with E-state index in [-0.39, 0.29) is 35.1 Å². The molecule has 0 saturated heterocycles. The van der Waals surface area contributed by atoms with E-state index >= 15 is 0 Å². The van der Waals surface area contributed by atoms with Crippen molar-refractivity contribution in [3.05, 3.63) is 360 Å². The highest BCUT2D eigenvalue weighted by Gasteiger charge is 2.56. The van der Waals surface area contributed by atoms with Gasteiger partial charge in [-0.25, -0.2) is 0 Å². The van der Waals surface area contributed by atoms with Gasteiger partial charge in [0.1, 0.15) is 0 Å². The molecule has 16 aromatic carbocycles. The van der Waals surface area contributed by atoms with Crippen LogP contribution in [0.1, 0.15) is 128 Å². The van der Waals surface area contributed by atoms with Gasteiger partial charge in [-0.1, -0.05) is 277 Å². The number of nitrogens with zero attached hydrogens (tertiary/aromatic N) is 6. The Kier molecular flexibility index (Phi) is 13.5. The first kappa shape index (κ1) is 69.4. The molecule has 1 spiro atoms. The number of aromatic nitrogens is 4. The van der Waals surface area contributed by atoms with Gasteiger partial charge in [0.05, 0.1) is 49.9 Å². The number of benzene rings is 16. The molecule has 2 aliphatic carbocycles. The predicted octanol–water partition coefficient (Wildman–Crippen LogP) is 24.8. The second kappa shape index (κ2) is 23.5. The van der Waals surface area contributed by atoms with Gasteiger partial charge >= 0.3 is 0 Å². The first-order chi connectivity index (χ1) is 58.6. The van der Waals surface area contributed by atoms with Crippen LogP contribution in [0.15, 0.2) is 315 Å². The molecule has 4 aromatic heterocycles. The standard InChI is InChI=1S/C113H88B2N6/c1-109(2,3)65-47-49-97-81(51-65)83-53-67(111(7,8)9)55-91-107(83)120(97)103-59-71(118-93-43-27-21-37-75(93)76-38-22-28-44-94(76)118)57-101-105(103)114(91)89-61-79-73-35-19-25-41-85(73)113(87(79)63-99(89)116(101)69-31-15-13-16-32-69)86-42-26-20-36-74(86)80-62-90-100(64-88(80)113)117(70-33-17-14-18-34-70)102-58-72(119-95-45-29-23-39-77(95)78-40-24-30-46-96(78)119)60-104-106(102)115(90)92-56-68(112(10,11)12)54-84-82-52-66(110(4,5)6)48-50-98(82)121(104)108(84)92/h13-64H,1-12H3. The van der Waals surface area contributed by atoms with Crippen LogP contribution < -0.4 is 42.6 Å². The fourth-order valence-corrected chi connectivity index (χ4v) is 23.3. The van der Waals surface area contributed by atoms with Crippen molar-refractivity contribution in [1.82, 2.24) is 18.3 Å². The van der Waals surface area contributed by atoms with E-state index in [1.165, 1.54) is 221 Å². The lowest BCUT2D eigenvalue weighted by atomic mass is 9.33. The van der Waals surface area contributed by atoms with Gasteiger partial charge in [0.25, 0.3) is 13.4 Å². The summed E-state index contributed by atoms with van der Waals surface area (Å²) in [5, 5.41) is 10.2. The first-order valence-corrected chi connectivity index (χ1v) is 43.4. The molecule has 576 valence electrons. The van der Waals surface area contributed by atoms with Crippen LogP contribution in [0.5, 0.6) is 0 Å². The maximum Gasteiger partial charge on any atom is 0.252 e. The van der Waals surface area contributed by atoms with Gasteiger partial charge in [0, 0.05) is 99.6 Å². The highest BCUT2D eigenvalue weighted by atomic mass is 15.2. The lowest BCUT2D eigenvalue weighted by molar-refractivity contribution is 0.590. The van der Waals surface area contributed by atoms with Gasteiger partial charge in [-0.3, -0.25) is 0 Å². The monoisotopic (exact) mass is 1550 g/mol. The van der Waals surface area contributed by atoms with Crippen molar-refractivity contribution in [2.45, 2.75) is 110 Å². The normalized spacial score (nSPS) is 14.4. The molecule has 4 aliphatic heterocycles. The molecule has 8 heteroatoms. The number of fused-ring (bicyclic) bond motifs is 30. The van der Waals surface area contributed by atoms with Gasteiger partial charge in [-0.15, -0.1) is 0 Å². The molecule has 0 unspecified atom stereocenters. The summed E-state index contributed by atoms with van der Waals surface area (Å²) < 4.78 is 10.5.